The van der Waals surface area contributed by atoms with E-state index in [1.165, 1.54) is 0 Å². The molecule has 1 aromatic heterocycles. The molecule has 2 aliphatic rings. The standard InChI is InChI=1S/C30H30Cl2N2O3/c1-30(18-27(35)36)17-24(21-5-4-6-23(32)16-21)28(20-10-12-22(31)13-11-20)34(29(30)37)26(15-19-8-9-19)25-7-2-3-14-33-25/h2-7,10-14,16,19,24,26,28H,8-9,15,17-18H2,1H3,(H,35,36). The third-order valence-electron chi connectivity index (χ3n) is 7.75. The largest absolute Gasteiger partial charge is 0.481 e. The van der Waals surface area contributed by atoms with Gasteiger partial charge >= 0.3 is 5.97 Å². The summed E-state index contributed by atoms with van der Waals surface area (Å²) in [6.45, 7) is 1.79. The smallest absolute Gasteiger partial charge is 0.304 e. The molecule has 0 radical (unpaired) electrons. The van der Waals surface area contributed by atoms with Crippen molar-refractivity contribution < 1.29 is 14.7 Å². The number of carboxylic acids is 1. The van der Waals surface area contributed by atoms with Crippen molar-refractivity contribution >= 4 is 35.1 Å². The average molecular weight is 537 g/mol. The highest BCUT2D eigenvalue weighted by molar-refractivity contribution is 6.30. The van der Waals surface area contributed by atoms with Gasteiger partial charge in [-0.05, 0) is 66.3 Å². The summed E-state index contributed by atoms with van der Waals surface area (Å²) >= 11 is 12.7. The topological polar surface area (TPSA) is 70.5 Å². The molecule has 1 aliphatic heterocycles. The second-order valence-electron chi connectivity index (χ2n) is 10.7. The Morgan fingerprint density at radius 3 is 2.43 bits per heavy atom. The Hall–Kier alpha value is -2.89. The van der Waals surface area contributed by atoms with Crippen molar-refractivity contribution in [2.24, 2.45) is 11.3 Å². The van der Waals surface area contributed by atoms with E-state index in [-0.39, 0.29) is 30.3 Å². The van der Waals surface area contributed by atoms with E-state index in [0.717, 1.165) is 36.1 Å². The molecule has 0 bridgehead atoms. The lowest BCUT2D eigenvalue weighted by molar-refractivity contribution is -0.161. The van der Waals surface area contributed by atoms with Gasteiger partial charge in [-0.1, -0.05) is 73.3 Å². The fraction of sp³-hybridized carbons (Fsp3) is 0.367. The van der Waals surface area contributed by atoms with Gasteiger partial charge in [-0.2, -0.15) is 0 Å². The molecular formula is C30H30Cl2N2O3. The van der Waals surface area contributed by atoms with E-state index in [0.29, 0.717) is 22.4 Å². The van der Waals surface area contributed by atoms with Gasteiger partial charge in [-0.3, -0.25) is 14.6 Å². The number of carbonyl (C=O) groups excluding carboxylic acids is 1. The van der Waals surface area contributed by atoms with E-state index in [9.17, 15) is 14.7 Å². The number of halogens is 2. The number of piperidine rings is 1. The van der Waals surface area contributed by atoms with Crippen LogP contribution < -0.4 is 0 Å². The number of rotatable bonds is 8. The van der Waals surface area contributed by atoms with Crippen LogP contribution in [0.2, 0.25) is 10.0 Å². The summed E-state index contributed by atoms with van der Waals surface area (Å²) in [5.74, 6) is -0.790. The predicted octanol–water partition coefficient (Wildman–Crippen LogP) is 7.47. The van der Waals surface area contributed by atoms with Gasteiger partial charge in [0.1, 0.15) is 0 Å². The fourth-order valence-corrected chi connectivity index (χ4v) is 6.17. The molecule has 1 N–H and O–H groups in total. The number of aromatic nitrogens is 1. The summed E-state index contributed by atoms with van der Waals surface area (Å²) in [7, 11) is 0. The number of carboxylic acid groups (broad SMARTS) is 1. The lowest BCUT2D eigenvalue weighted by Crippen LogP contribution is -2.53. The van der Waals surface area contributed by atoms with E-state index in [4.69, 9.17) is 23.2 Å². The van der Waals surface area contributed by atoms with Crippen molar-refractivity contribution in [3.05, 3.63) is 99.8 Å². The number of pyridine rings is 1. The molecule has 4 unspecified atom stereocenters. The van der Waals surface area contributed by atoms with Crippen LogP contribution in [0.3, 0.4) is 0 Å². The Kier molecular flexibility index (Phi) is 7.28. The van der Waals surface area contributed by atoms with Gasteiger partial charge in [-0.25, -0.2) is 0 Å². The maximum atomic E-state index is 14.5. The Labute approximate surface area is 227 Å². The lowest BCUT2D eigenvalue weighted by Gasteiger charge is -2.52. The lowest BCUT2D eigenvalue weighted by atomic mass is 9.66. The third-order valence-corrected chi connectivity index (χ3v) is 8.24. The summed E-state index contributed by atoms with van der Waals surface area (Å²) in [4.78, 5) is 33.1. The molecule has 5 nitrogen and oxygen atoms in total. The van der Waals surface area contributed by atoms with Crippen molar-refractivity contribution in [2.75, 3.05) is 0 Å². The van der Waals surface area contributed by atoms with Crippen LogP contribution in [0.25, 0.3) is 0 Å². The third kappa shape index (κ3) is 5.53. The van der Waals surface area contributed by atoms with Gasteiger partial charge in [0.25, 0.3) is 0 Å². The first kappa shape index (κ1) is 25.7. The quantitative estimate of drug-likeness (QED) is 0.324. The normalized spacial score (nSPS) is 24.6. The van der Waals surface area contributed by atoms with Gasteiger partial charge in [0.2, 0.25) is 5.91 Å². The molecule has 192 valence electrons. The first-order valence-corrected chi connectivity index (χ1v) is 13.5. The number of nitrogens with zero attached hydrogens (tertiary/aromatic N) is 2. The zero-order valence-electron chi connectivity index (χ0n) is 20.7. The molecular weight excluding hydrogens is 507 g/mol. The van der Waals surface area contributed by atoms with Gasteiger partial charge in [0, 0.05) is 22.2 Å². The predicted molar refractivity (Wildman–Crippen MR) is 145 cm³/mol. The number of likely N-dealkylation sites (tertiary alicyclic amines) is 1. The summed E-state index contributed by atoms with van der Waals surface area (Å²) in [5.41, 5.74) is 1.67. The minimum Gasteiger partial charge on any atom is -0.481 e. The molecule has 1 aliphatic carbocycles. The van der Waals surface area contributed by atoms with E-state index in [1.807, 2.05) is 71.6 Å². The highest BCUT2D eigenvalue weighted by Crippen LogP contribution is 2.55. The van der Waals surface area contributed by atoms with Crippen molar-refractivity contribution in [1.82, 2.24) is 9.88 Å². The molecule has 37 heavy (non-hydrogen) atoms. The number of carbonyl (C=O) groups is 2. The van der Waals surface area contributed by atoms with Crippen LogP contribution in [0, 0.1) is 11.3 Å². The van der Waals surface area contributed by atoms with Crippen molar-refractivity contribution in [2.45, 2.75) is 57.0 Å². The highest BCUT2D eigenvalue weighted by atomic mass is 35.5. The SMILES string of the molecule is CC1(CC(=O)O)CC(c2cccc(Cl)c2)C(c2ccc(Cl)cc2)N(C(CC2CC2)c2ccccn2)C1=O. The van der Waals surface area contributed by atoms with Crippen LogP contribution in [-0.2, 0) is 9.59 Å². The molecule has 4 atom stereocenters. The number of hydrogen-bond acceptors (Lipinski definition) is 3. The van der Waals surface area contributed by atoms with Gasteiger partial charge in [0.15, 0.2) is 0 Å². The van der Waals surface area contributed by atoms with Gasteiger partial charge in [-0.15, -0.1) is 0 Å². The van der Waals surface area contributed by atoms with Crippen molar-refractivity contribution in [1.29, 1.82) is 0 Å². The molecule has 3 aromatic rings. The summed E-state index contributed by atoms with van der Waals surface area (Å²) in [6, 6.07) is 20.5. The van der Waals surface area contributed by atoms with E-state index < -0.39 is 11.4 Å². The zero-order chi connectivity index (χ0) is 26.2. The highest BCUT2D eigenvalue weighted by Gasteiger charge is 2.53. The Morgan fingerprint density at radius 2 is 1.81 bits per heavy atom. The van der Waals surface area contributed by atoms with Crippen LogP contribution in [0.4, 0.5) is 0 Å². The summed E-state index contributed by atoms with van der Waals surface area (Å²) in [5, 5.41) is 11.1. The van der Waals surface area contributed by atoms with Crippen LogP contribution in [0.5, 0.6) is 0 Å². The second kappa shape index (κ2) is 10.5. The van der Waals surface area contributed by atoms with E-state index in [1.54, 1.807) is 13.1 Å². The first-order chi connectivity index (χ1) is 17.7. The first-order valence-electron chi connectivity index (χ1n) is 12.7. The molecule has 2 aromatic carbocycles. The number of aliphatic carboxylic acids is 1. The Morgan fingerprint density at radius 1 is 1.05 bits per heavy atom. The summed E-state index contributed by atoms with van der Waals surface area (Å²) in [6.07, 6.45) is 4.94. The maximum Gasteiger partial charge on any atom is 0.304 e. The Balaban J connectivity index is 1.72. The molecule has 7 heteroatoms. The van der Waals surface area contributed by atoms with Crippen LogP contribution in [0.1, 0.15) is 73.9 Å². The Bertz CT molecular complexity index is 1280. The van der Waals surface area contributed by atoms with Crippen molar-refractivity contribution in [3.63, 3.8) is 0 Å². The van der Waals surface area contributed by atoms with Crippen LogP contribution >= 0.6 is 23.2 Å². The van der Waals surface area contributed by atoms with Crippen LogP contribution in [0.15, 0.2) is 72.9 Å². The fourth-order valence-electron chi connectivity index (χ4n) is 5.84. The van der Waals surface area contributed by atoms with E-state index in [2.05, 4.69) is 4.98 Å². The molecule has 2 fully saturated rings. The maximum absolute atomic E-state index is 14.5. The summed E-state index contributed by atoms with van der Waals surface area (Å²) < 4.78 is 0. The molecule has 5 rings (SSSR count). The van der Waals surface area contributed by atoms with Gasteiger partial charge in [0.05, 0.1) is 29.6 Å². The monoisotopic (exact) mass is 536 g/mol. The molecule has 2 heterocycles. The molecule has 1 saturated carbocycles. The van der Waals surface area contributed by atoms with Gasteiger partial charge < -0.3 is 10.0 Å². The number of benzene rings is 2. The number of amides is 1. The molecule has 0 spiro atoms. The minimum absolute atomic E-state index is 0.149. The molecule has 1 saturated heterocycles. The van der Waals surface area contributed by atoms with Crippen LogP contribution in [-0.4, -0.2) is 26.9 Å². The minimum atomic E-state index is -1.08. The zero-order valence-corrected chi connectivity index (χ0v) is 22.2. The number of hydrogen-bond donors (Lipinski definition) is 1. The molecule has 1 amide bonds. The average Bonchev–Trinajstić information content (AvgIpc) is 3.69. The van der Waals surface area contributed by atoms with E-state index >= 15 is 0 Å². The van der Waals surface area contributed by atoms with Crippen molar-refractivity contribution in [3.8, 4) is 0 Å². The second-order valence-corrected chi connectivity index (χ2v) is 11.5.